The Bertz CT molecular complexity index is 806. The van der Waals surface area contributed by atoms with Crippen LogP contribution in [0.3, 0.4) is 0 Å². The van der Waals surface area contributed by atoms with Crippen molar-refractivity contribution in [3.05, 3.63) is 11.8 Å². The number of halogens is 3. The second-order valence-electron chi connectivity index (χ2n) is 7.67. The molecular weight excluding hydrogens is 423 g/mol. The smallest absolute Gasteiger partial charge is 0.423 e. The molecule has 12 heteroatoms. The molecular formula is C18H28F3N5O3S. The molecule has 1 saturated heterocycles. The van der Waals surface area contributed by atoms with Crippen molar-refractivity contribution < 1.29 is 26.3 Å². The molecule has 8 nitrogen and oxygen atoms in total. The second-order valence-corrected chi connectivity index (χ2v) is 9.54. The Labute approximate surface area is 174 Å². The van der Waals surface area contributed by atoms with Crippen LogP contribution in [-0.2, 0) is 16.4 Å². The number of nitrogens with zero attached hydrogens (tertiary/aromatic N) is 3. The fourth-order valence-corrected chi connectivity index (χ4v) is 4.74. The first-order valence-corrected chi connectivity index (χ1v) is 11.7. The molecule has 30 heavy (non-hydrogen) atoms. The Hall–Kier alpha value is -1.66. The van der Waals surface area contributed by atoms with Gasteiger partial charge in [-0.3, -0.25) is 0 Å². The fraction of sp³-hybridized carbons (Fsp3) is 0.778. The van der Waals surface area contributed by atoms with Crippen molar-refractivity contribution in [3.8, 4) is 5.88 Å². The SMILES string of the molecule is CNS(=O)(=O)N1CCC(Nc2ncc(C(F)(F)F)c(OC3CCCCCC3)n2)CC1. The molecule has 0 unspecified atom stereocenters. The number of piperidine rings is 1. The molecule has 0 spiro atoms. The van der Waals surface area contributed by atoms with Crippen LogP contribution in [0, 0.1) is 0 Å². The van der Waals surface area contributed by atoms with Gasteiger partial charge in [-0.05, 0) is 38.5 Å². The minimum absolute atomic E-state index is 0.0570. The highest BCUT2D eigenvalue weighted by molar-refractivity contribution is 7.87. The Morgan fingerprint density at radius 2 is 1.73 bits per heavy atom. The monoisotopic (exact) mass is 451 g/mol. The molecule has 1 aromatic heterocycles. The molecule has 0 amide bonds. The molecule has 0 radical (unpaired) electrons. The lowest BCUT2D eigenvalue weighted by Crippen LogP contribution is -2.46. The lowest BCUT2D eigenvalue weighted by atomic mass is 10.1. The summed E-state index contributed by atoms with van der Waals surface area (Å²) in [4.78, 5) is 7.86. The largest absolute Gasteiger partial charge is 0.474 e. The minimum Gasteiger partial charge on any atom is -0.474 e. The Kier molecular flexibility index (Phi) is 7.40. The molecule has 1 aliphatic carbocycles. The normalized spacial score (nSPS) is 20.7. The van der Waals surface area contributed by atoms with Crippen molar-refractivity contribution in [3.63, 3.8) is 0 Å². The number of nitrogens with one attached hydrogen (secondary N) is 2. The van der Waals surface area contributed by atoms with Gasteiger partial charge in [0.1, 0.15) is 11.7 Å². The van der Waals surface area contributed by atoms with Gasteiger partial charge < -0.3 is 10.1 Å². The molecule has 2 aliphatic rings. The number of anilines is 1. The van der Waals surface area contributed by atoms with Gasteiger partial charge in [-0.15, -0.1) is 0 Å². The first-order valence-electron chi connectivity index (χ1n) is 10.2. The maximum Gasteiger partial charge on any atom is 0.423 e. The molecule has 0 atom stereocenters. The highest BCUT2D eigenvalue weighted by Crippen LogP contribution is 2.36. The molecule has 2 N–H and O–H groups in total. The zero-order chi connectivity index (χ0) is 21.8. The average molecular weight is 452 g/mol. The van der Waals surface area contributed by atoms with E-state index in [4.69, 9.17) is 4.74 Å². The number of hydrogen-bond acceptors (Lipinski definition) is 6. The van der Waals surface area contributed by atoms with Gasteiger partial charge >= 0.3 is 6.18 Å². The lowest BCUT2D eigenvalue weighted by Gasteiger charge is -2.31. The van der Waals surface area contributed by atoms with E-state index >= 15 is 0 Å². The molecule has 1 aliphatic heterocycles. The highest BCUT2D eigenvalue weighted by atomic mass is 32.2. The lowest BCUT2D eigenvalue weighted by molar-refractivity contribution is -0.140. The predicted molar refractivity (Wildman–Crippen MR) is 105 cm³/mol. The van der Waals surface area contributed by atoms with Crippen molar-refractivity contribution in [2.75, 3.05) is 25.5 Å². The third kappa shape index (κ3) is 5.94. The van der Waals surface area contributed by atoms with Gasteiger partial charge in [0.2, 0.25) is 11.8 Å². The number of alkyl halides is 3. The summed E-state index contributed by atoms with van der Waals surface area (Å²) in [6.07, 6.45) is 2.24. The van der Waals surface area contributed by atoms with E-state index in [0.29, 0.717) is 38.8 Å². The summed E-state index contributed by atoms with van der Waals surface area (Å²) in [6, 6.07) is -0.143. The zero-order valence-corrected chi connectivity index (χ0v) is 17.7. The standard InChI is InChI=1S/C18H28F3N5O3S/c1-22-30(27,28)26-10-8-13(9-11-26)24-17-23-12-15(18(19,20)21)16(25-17)29-14-6-4-2-3-5-7-14/h12-14,22H,2-11H2,1H3,(H,23,24,25). The number of hydrogen-bond donors (Lipinski definition) is 2. The van der Waals surface area contributed by atoms with Crippen LogP contribution in [0.4, 0.5) is 19.1 Å². The molecule has 170 valence electrons. The average Bonchev–Trinajstić information content (AvgIpc) is 2.96. The van der Waals surface area contributed by atoms with E-state index in [-0.39, 0.29) is 18.1 Å². The molecule has 1 saturated carbocycles. The molecule has 0 bridgehead atoms. The Morgan fingerprint density at radius 1 is 1.10 bits per heavy atom. The first-order chi connectivity index (χ1) is 14.2. The minimum atomic E-state index is -4.61. The van der Waals surface area contributed by atoms with E-state index in [2.05, 4.69) is 20.0 Å². The van der Waals surface area contributed by atoms with E-state index in [9.17, 15) is 21.6 Å². The quantitative estimate of drug-likeness (QED) is 0.646. The van der Waals surface area contributed by atoms with Crippen LogP contribution >= 0.6 is 0 Å². The van der Waals surface area contributed by atoms with E-state index in [1.807, 2.05) is 0 Å². The summed E-state index contributed by atoms with van der Waals surface area (Å²) in [6.45, 7) is 0.597. The fourth-order valence-electron chi connectivity index (χ4n) is 3.79. The number of ether oxygens (including phenoxy) is 1. The van der Waals surface area contributed by atoms with Crippen LogP contribution in [-0.4, -0.2) is 55.0 Å². The third-order valence-electron chi connectivity index (χ3n) is 5.52. The Balaban J connectivity index is 1.70. The van der Waals surface area contributed by atoms with Gasteiger partial charge in [0.15, 0.2) is 0 Å². The van der Waals surface area contributed by atoms with Gasteiger partial charge in [0.25, 0.3) is 10.2 Å². The molecule has 2 fully saturated rings. The van der Waals surface area contributed by atoms with Gasteiger partial charge in [-0.25, -0.2) is 9.71 Å². The maximum atomic E-state index is 13.4. The van der Waals surface area contributed by atoms with E-state index in [0.717, 1.165) is 31.9 Å². The van der Waals surface area contributed by atoms with Crippen molar-refractivity contribution >= 4 is 16.2 Å². The summed E-state index contributed by atoms with van der Waals surface area (Å²) >= 11 is 0. The van der Waals surface area contributed by atoms with Crippen LogP contribution in [0.1, 0.15) is 56.9 Å². The highest BCUT2D eigenvalue weighted by Gasteiger charge is 2.37. The molecule has 3 rings (SSSR count). The van der Waals surface area contributed by atoms with Crippen molar-refractivity contribution in [2.24, 2.45) is 0 Å². The van der Waals surface area contributed by atoms with E-state index in [1.165, 1.54) is 11.4 Å². The molecule has 0 aromatic carbocycles. The van der Waals surface area contributed by atoms with Gasteiger partial charge in [0, 0.05) is 32.4 Å². The van der Waals surface area contributed by atoms with Gasteiger partial charge in [-0.2, -0.15) is 30.9 Å². The summed E-state index contributed by atoms with van der Waals surface area (Å²) < 4.78 is 73.3. The predicted octanol–water partition coefficient (Wildman–Crippen LogP) is 2.94. The summed E-state index contributed by atoms with van der Waals surface area (Å²) in [5.41, 5.74) is -0.979. The van der Waals surface area contributed by atoms with E-state index in [1.54, 1.807) is 0 Å². The van der Waals surface area contributed by atoms with Gasteiger partial charge in [0.05, 0.1) is 0 Å². The van der Waals surface area contributed by atoms with Crippen LogP contribution < -0.4 is 14.8 Å². The summed E-state index contributed by atoms with van der Waals surface area (Å²) in [5, 5.41) is 3.03. The molecule has 2 heterocycles. The summed E-state index contributed by atoms with van der Waals surface area (Å²) in [7, 11) is -2.13. The van der Waals surface area contributed by atoms with Crippen molar-refractivity contribution in [1.82, 2.24) is 19.0 Å². The second kappa shape index (κ2) is 9.65. The first kappa shape index (κ1) is 23.0. The van der Waals surface area contributed by atoms with Crippen molar-refractivity contribution in [2.45, 2.75) is 69.7 Å². The maximum absolute atomic E-state index is 13.4. The third-order valence-corrected chi connectivity index (χ3v) is 7.09. The number of rotatable bonds is 6. The van der Waals surface area contributed by atoms with Crippen LogP contribution in [0.2, 0.25) is 0 Å². The van der Waals surface area contributed by atoms with Crippen LogP contribution in [0.15, 0.2) is 6.20 Å². The number of aromatic nitrogens is 2. The zero-order valence-electron chi connectivity index (χ0n) is 16.9. The summed E-state index contributed by atoms with van der Waals surface area (Å²) in [5.74, 6) is -0.386. The van der Waals surface area contributed by atoms with E-state index < -0.39 is 27.8 Å². The Morgan fingerprint density at radius 3 is 2.30 bits per heavy atom. The van der Waals surface area contributed by atoms with Crippen LogP contribution in [0.25, 0.3) is 0 Å². The van der Waals surface area contributed by atoms with Gasteiger partial charge in [-0.1, -0.05) is 12.8 Å². The molecule has 1 aromatic rings. The van der Waals surface area contributed by atoms with Crippen LogP contribution in [0.5, 0.6) is 5.88 Å². The van der Waals surface area contributed by atoms with Crippen molar-refractivity contribution in [1.29, 1.82) is 0 Å². The topological polar surface area (TPSA) is 96.5 Å².